The van der Waals surface area contributed by atoms with Crippen molar-refractivity contribution in [3.8, 4) is 5.75 Å². The molecule has 0 unspecified atom stereocenters. The number of rotatable bonds is 7. The highest BCUT2D eigenvalue weighted by atomic mass is 32.2. The summed E-state index contributed by atoms with van der Waals surface area (Å²) in [5.41, 5.74) is 1.09. The normalized spacial score (nSPS) is 13.0. The Morgan fingerprint density at radius 1 is 1.11 bits per heavy atom. The number of carbonyl (C=O) groups is 1. The van der Waals surface area contributed by atoms with E-state index in [1.807, 2.05) is 51.1 Å². The third-order valence-corrected chi connectivity index (χ3v) is 5.54. The molecule has 0 aliphatic rings. The maximum Gasteiger partial charge on any atom is 0.241 e. The Labute approximate surface area is 167 Å². The minimum Gasteiger partial charge on any atom is -0.496 e. The Hall–Kier alpha value is -2.38. The van der Waals surface area contributed by atoms with Gasteiger partial charge in [0.2, 0.25) is 15.9 Å². The number of nitrogens with one attached hydrogen (secondary N) is 2. The fourth-order valence-corrected chi connectivity index (χ4v) is 4.05. The van der Waals surface area contributed by atoms with E-state index in [0.29, 0.717) is 11.3 Å². The van der Waals surface area contributed by atoms with Crippen molar-refractivity contribution in [1.82, 2.24) is 10.0 Å². The second-order valence-electron chi connectivity index (χ2n) is 7.73. The first kappa shape index (κ1) is 21.9. The summed E-state index contributed by atoms with van der Waals surface area (Å²) in [7, 11) is -2.36. The smallest absolute Gasteiger partial charge is 0.241 e. The van der Waals surface area contributed by atoms with Gasteiger partial charge >= 0.3 is 0 Å². The van der Waals surface area contributed by atoms with Crippen LogP contribution in [-0.4, -0.2) is 33.0 Å². The van der Waals surface area contributed by atoms with E-state index >= 15 is 0 Å². The SMILES string of the molecule is COc1ccc(S(=O)(=O)N[C@@H](Cc2ccccc2)C(=O)NC(C)(C)C)cc1C. The topological polar surface area (TPSA) is 84.5 Å². The molecular formula is C21H28N2O4S. The summed E-state index contributed by atoms with van der Waals surface area (Å²) in [6.07, 6.45) is 0.247. The Morgan fingerprint density at radius 2 is 1.75 bits per heavy atom. The fraction of sp³-hybridized carbons (Fsp3) is 0.381. The van der Waals surface area contributed by atoms with Crippen molar-refractivity contribution in [1.29, 1.82) is 0 Å². The van der Waals surface area contributed by atoms with Crippen LogP contribution in [0.1, 0.15) is 31.9 Å². The molecule has 7 heteroatoms. The molecule has 28 heavy (non-hydrogen) atoms. The summed E-state index contributed by atoms with van der Waals surface area (Å²) in [5.74, 6) is 0.232. The Bertz CT molecular complexity index is 919. The first-order valence-electron chi connectivity index (χ1n) is 9.05. The molecule has 1 amide bonds. The molecule has 2 aromatic carbocycles. The quantitative estimate of drug-likeness (QED) is 0.743. The van der Waals surface area contributed by atoms with Crippen LogP contribution in [0.15, 0.2) is 53.4 Å². The Kier molecular flexibility index (Phi) is 6.85. The molecule has 0 saturated carbocycles. The number of aryl methyl sites for hydroxylation is 1. The number of benzene rings is 2. The highest BCUT2D eigenvalue weighted by Crippen LogP contribution is 2.21. The van der Waals surface area contributed by atoms with Gasteiger partial charge in [-0.2, -0.15) is 4.72 Å². The number of carbonyl (C=O) groups excluding carboxylic acids is 1. The number of hydrogen-bond donors (Lipinski definition) is 2. The van der Waals surface area contributed by atoms with E-state index in [2.05, 4.69) is 10.0 Å². The second kappa shape index (κ2) is 8.75. The molecule has 0 aliphatic heterocycles. The summed E-state index contributed by atoms with van der Waals surface area (Å²) < 4.78 is 33.6. The standard InChI is InChI=1S/C21H28N2O4S/c1-15-13-17(11-12-19(15)27-5)28(25,26)23-18(20(24)22-21(2,3)4)14-16-9-7-6-8-10-16/h6-13,18,23H,14H2,1-5H3,(H,22,24)/t18-/m0/s1. The summed E-state index contributed by atoms with van der Waals surface area (Å²) in [5, 5.41) is 2.86. The van der Waals surface area contributed by atoms with Crippen LogP contribution in [0.2, 0.25) is 0 Å². The van der Waals surface area contributed by atoms with E-state index in [0.717, 1.165) is 5.56 Å². The lowest BCUT2D eigenvalue weighted by Gasteiger charge is -2.25. The van der Waals surface area contributed by atoms with Crippen LogP contribution >= 0.6 is 0 Å². The third kappa shape index (κ3) is 6.07. The lowest BCUT2D eigenvalue weighted by Crippen LogP contribution is -2.52. The summed E-state index contributed by atoms with van der Waals surface area (Å²) in [6, 6.07) is 13.0. The number of amides is 1. The summed E-state index contributed by atoms with van der Waals surface area (Å²) in [6.45, 7) is 7.33. The van der Waals surface area contributed by atoms with Crippen LogP contribution < -0.4 is 14.8 Å². The molecule has 0 heterocycles. The van der Waals surface area contributed by atoms with Crippen molar-refractivity contribution in [3.63, 3.8) is 0 Å². The van der Waals surface area contributed by atoms with Crippen molar-refractivity contribution < 1.29 is 17.9 Å². The molecule has 0 spiro atoms. The number of ether oxygens (including phenoxy) is 1. The number of sulfonamides is 1. The summed E-state index contributed by atoms with van der Waals surface area (Å²) >= 11 is 0. The molecule has 0 aliphatic carbocycles. The van der Waals surface area contributed by atoms with Crippen LogP contribution in [0, 0.1) is 6.92 Å². The molecule has 2 rings (SSSR count). The van der Waals surface area contributed by atoms with Gasteiger partial charge in [0.15, 0.2) is 0 Å². The minimum absolute atomic E-state index is 0.0902. The molecule has 2 aromatic rings. The van der Waals surface area contributed by atoms with Crippen LogP contribution in [0.5, 0.6) is 5.75 Å². The fourth-order valence-electron chi connectivity index (χ4n) is 2.77. The van der Waals surface area contributed by atoms with Crippen molar-refractivity contribution >= 4 is 15.9 Å². The van der Waals surface area contributed by atoms with Gasteiger partial charge in [-0.25, -0.2) is 8.42 Å². The molecule has 0 fully saturated rings. The molecule has 0 bridgehead atoms. The predicted octanol–water partition coefficient (Wildman–Crippen LogP) is 2.81. The number of methoxy groups -OCH3 is 1. The van der Waals surface area contributed by atoms with Gasteiger partial charge < -0.3 is 10.1 Å². The van der Waals surface area contributed by atoms with Gasteiger partial charge in [-0.15, -0.1) is 0 Å². The average Bonchev–Trinajstić information content (AvgIpc) is 2.60. The van der Waals surface area contributed by atoms with Crippen molar-refractivity contribution in [2.24, 2.45) is 0 Å². The molecule has 2 N–H and O–H groups in total. The first-order chi connectivity index (χ1) is 13.0. The zero-order valence-corrected chi connectivity index (χ0v) is 17.8. The second-order valence-corrected chi connectivity index (χ2v) is 9.45. The maximum atomic E-state index is 12.9. The lowest BCUT2D eigenvalue weighted by atomic mass is 10.0. The van der Waals surface area contributed by atoms with Crippen molar-refractivity contribution in [3.05, 3.63) is 59.7 Å². The van der Waals surface area contributed by atoms with E-state index in [-0.39, 0.29) is 17.2 Å². The molecule has 0 radical (unpaired) electrons. The monoisotopic (exact) mass is 404 g/mol. The zero-order chi connectivity index (χ0) is 20.9. The maximum absolute atomic E-state index is 12.9. The highest BCUT2D eigenvalue weighted by Gasteiger charge is 2.28. The lowest BCUT2D eigenvalue weighted by molar-refractivity contribution is -0.124. The van der Waals surface area contributed by atoms with Gasteiger partial charge in [-0.3, -0.25) is 4.79 Å². The largest absolute Gasteiger partial charge is 0.496 e. The van der Waals surface area contributed by atoms with Crippen molar-refractivity contribution in [2.45, 2.75) is 50.6 Å². The minimum atomic E-state index is -3.89. The number of hydrogen-bond acceptors (Lipinski definition) is 4. The van der Waals surface area contributed by atoms with E-state index in [9.17, 15) is 13.2 Å². The van der Waals surface area contributed by atoms with Gasteiger partial charge in [0.1, 0.15) is 11.8 Å². The molecule has 0 aromatic heterocycles. The van der Waals surface area contributed by atoms with E-state index in [4.69, 9.17) is 4.74 Å². The Balaban J connectivity index is 2.31. The van der Waals surface area contributed by atoms with Gasteiger partial charge in [0.05, 0.1) is 12.0 Å². The highest BCUT2D eigenvalue weighted by molar-refractivity contribution is 7.89. The molecule has 1 atom stereocenters. The molecule has 0 saturated heterocycles. The van der Waals surface area contributed by atoms with Crippen molar-refractivity contribution in [2.75, 3.05) is 7.11 Å². The van der Waals surface area contributed by atoms with Crippen LogP contribution in [0.25, 0.3) is 0 Å². The molecular weight excluding hydrogens is 376 g/mol. The van der Waals surface area contributed by atoms with Gasteiger partial charge in [0.25, 0.3) is 0 Å². The predicted molar refractivity (Wildman–Crippen MR) is 110 cm³/mol. The first-order valence-corrected chi connectivity index (χ1v) is 10.5. The zero-order valence-electron chi connectivity index (χ0n) is 16.9. The third-order valence-electron chi connectivity index (χ3n) is 4.07. The van der Waals surface area contributed by atoms with Crippen LogP contribution in [0.3, 0.4) is 0 Å². The molecule has 152 valence electrons. The van der Waals surface area contributed by atoms with E-state index in [1.165, 1.54) is 19.2 Å². The van der Waals surface area contributed by atoms with Crippen LogP contribution in [0.4, 0.5) is 0 Å². The van der Waals surface area contributed by atoms with E-state index in [1.54, 1.807) is 13.0 Å². The van der Waals surface area contributed by atoms with Crippen LogP contribution in [-0.2, 0) is 21.2 Å². The van der Waals surface area contributed by atoms with Gasteiger partial charge in [0, 0.05) is 5.54 Å². The van der Waals surface area contributed by atoms with E-state index < -0.39 is 21.6 Å². The Morgan fingerprint density at radius 3 is 2.29 bits per heavy atom. The molecule has 6 nitrogen and oxygen atoms in total. The van der Waals surface area contributed by atoms with Gasteiger partial charge in [-0.1, -0.05) is 30.3 Å². The van der Waals surface area contributed by atoms with Gasteiger partial charge in [-0.05, 0) is 63.4 Å². The summed E-state index contributed by atoms with van der Waals surface area (Å²) in [4.78, 5) is 12.9. The average molecular weight is 405 g/mol.